The predicted molar refractivity (Wildman–Crippen MR) is 76.5 cm³/mol. The Balaban J connectivity index is 2.31. The summed E-state index contributed by atoms with van der Waals surface area (Å²) < 4.78 is 0. The fourth-order valence-corrected chi connectivity index (χ4v) is 2.14. The van der Waals surface area contributed by atoms with E-state index >= 15 is 0 Å². The highest BCUT2D eigenvalue weighted by atomic mass is 16.1. The normalized spacial score (nSPS) is 11.4. The summed E-state index contributed by atoms with van der Waals surface area (Å²) in [5.41, 5.74) is 7.41. The summed E-state index contributed by atoms with van der Waals surface area (Å²) >= 11 is 0. The van der Waals surface area contributed by atoms with Gasteiger partial charge in [0.05, 0.1) is 12.1 Å². The van der Waals surface area contributed by atoms with Crippen LogP contribution in [0.2, 0.25) is 0 Å². The van der Waals surface area contributed by atoms with Crippen LogP contribution in [0.25, 0.3) is 10.9 Å². The Labute approximate surface area is 113 Å². The summed E-state index contributed by atoms with van der Waals surface area (Å²) in [5.74, 6) is -0.304. The van der Waals surface area contributed by atoms with Gasteiger partial charge in [0.2, 0.25) is 5.91 Å². The first-order valence-electron chi connectivity index (χ1n) is 6.43. The number of carbonyl (C=O) groups is 1. The number of carbonyl (C=O) groups excluding carboxylic acids is 1. The molecular formula is C15H19N3O. The van der Waals surface area contributed by atoms with Gasteiger partial charge in [0.15, 0.2) is 0 Å². The third-order valence-corrected chi connectivity index (χ3v) is 3.18. The second-order valence-corrected chi connectivity index (χ2v) is 4.96. The zero-order valence-corrected chi connectivity index (χ0v) is 11.3. The minimum atomic E-state index is -0.304. The smallest absolute Gasteiger partial charge is 0.231 e. The first-order valence-corrected chi connectivity index (χ1v) is 6.43. The van der Waals surface area contributed by atoms with Gasteiger partial charge in [-0.2, -0.15) is 0 Å². The van der Waals surface area contributed by atoms with Crippen molar-refractivity contribution in [3.05, 3.63) is 42.1 Å². The molecule has 2 rings (SSSR count). The van der Waals surface area contributed by atoms with Crippen molar-refractivity contribution in [3.63, 3.8) is 0 Å². The van der Waals surface area contributed by atoms with Gasteiger partial charge in [-0.15, -0.1) is 0 Å². The van der Waals surface area contributed by atoms with Crippen LogP contribution in [0.15, 0.2) is 36.5 Å². The summed E-state index contributed by atoms with van der Waals surface area (Å²) in [6.45, 7) is 5.05. The molecule has 0 spiro atoms. The maximum absolute atomic E-state index is 11.1. The summed E-state index contributed by atoms with van der Waals surface area (Å²) in [4.78, 5) is 17.6. The number of nitrogens with two attached hydrogens (primary N) is 1. The van der Waals surface area contributed by atoms with Crippen molar-refractivity contribution in [1.29, 1.82) is 0 Å². The molecule has 0 unspecified atom stereocenters. The van der Waals surface area contributed by atoms with Crippen molar-refractivity contribution < 1.29 is 4.79 Å². The Bertz CT molecular complexity index is 575. The maximum atomic E-state index is 11.1. The topological polar surface area (TPSA) is 59.2 Å². The highest BCUT2D eigenvalue weighted by Gasteiger charge is 2.14. The average molecular weight is 257 g/mol. The highest BCUT2D eigenvalue weighted by Crippen LogP contribution is 2.18. The molecule has 0 bridgehead atoms. The van der Waals surface area contributed by atoms with E-state index in [1.807, 2.05) is 35.2 Å². The van der Waals surface area contributed by atoms with Crippen LogP contribution in [0.5, 0.6) is 0 Å². The van der Waals surface area contributed by atoms with E-state index in [0.717, 1.165) is 16.5 Å². The lowest BCUT2D eigenvalue weighted by Gasteiger charge is -2.25. The number of amides is 1. The molecule has 4 nitrogen and oxygen atoms in total. The van der Waals surface area contributed by atoms with Gasteiger partial charge < -0.3 is 5.73 Å². The molecule has 0 radical (unpaired) electrons. The molecule has 2 N–H and O–H groups in total. The van der Waals surface area contributed by atoms with Crippen molar-refractivity contribution in [2.75, 3.05) is 6.54 Å². The molecule has 19 heavy (non-hydrogen) atoms. The molecule has 0 fully saturated rings. The average Bonchev–Trinajstić information content (AvgIpc) is 2.37. The number of rotatable bonds is 5. The van der Waals surface area contributed by atoms with Crippen molar-refractivity contribution in [1.82, 2.24) is 9.88 Å². The van der Waals surface area contributed by atoms with Gasteiger partial charge >= 0.3 is 0 Å². The van der Waals surface area contributed by atoms with Gasteiger partial charge in [-0.1, -0.05) is 24.3 Å². The van der Waals surface area contributed by atoms with Gasteiger partial charge in [0, 0.05) is 24.2 Å². The summed E-state index contributed by atoms with van der Waals surface area (Å²) in [5, 5.41) is 1.11. The molecule has 4 heteroatoms. The SMILES string of the molecule is CC(C)N(CC(N)=O)Cc1cccc2cccnc12. The zero-order valence-electron chi connectivity index (χ0n) is 11.3. The van der Waals surface area contributed by atoms with Gasteiger partial charge in [0.1, 0.15) is 0 Å². The number of hydrogen-bond donors (Lipinski definition) is 1. The molecule has 0 aliphatic carbocycles. The Kier molecular flexibility index (Phi) is 4.12. The molecule has 1 heterocycles. The first-order chi connectivity index (χ1) is 9.08. The number of aromatic nitrogens is 1. The minimum Gasteiger partial charge on any atom is -0.369 e. The van der Waals surface area contributed by atoms with E-state index in [0.29, 0.717) is 6.54 Å². The molecule has 2 aromatic rings. The van der Waals surface area contributed by atoms with Crippen molar-refractivity contribution in [2.45, 2.75) is 26.4 Å². The van der Waals surface area contributed by atoms with Crippen LogP contribution >= 0.6 is 0 Å². The minimum absolute atomic E-state index is 0.256. The van der Waals surface area contributed by atoms with E-state index in [4.69, 9.17) is 5.73 Å². The number of hydrogen-bond acceptors (Lipinski definition) is 3. The molecule has 0 saturated heterocycles. The Morgan fingerprint density at radius 1 is 1.32 bits per heavy atom. The number of primary amides is 1. The van der Waals surface area contributed by atoms with E-state index < -0.39 is 0 Å². The van der Waals surface area contributed by atoms with Gasteiger partial charge in [-0.05, 0) is 25.5 Å². The summed E-state index contributed by atoms with van der Waals surface area (Å²) in [7, 11) is 0. The molecule has 0 saturated carbocycles. The third kappa shape index (κ3) is 3.29. The fraction of sp³-hybridized carbons (Fsp3) is 0.333. The zero-order chi connectivity index (χ0) is 13.8. The standard InChI is InChI=1S/C15H19N3O/c1-11(2)18(10-14(16)19)9-13-6-3-5-12-7-4-8-17-15(12)13/h3-8,11H,9-10H2,1-2H3,(H2,16,19). The predicted octanol–water partition coefficient (Wildman–Crippen LogP) is 1.93. The van der Waals surface area contributed by atoms with Crippen molar-refractivity contribution >= 4 is 16.8 Å². The molecule has 0 aliphatic heterocycles. The lowest BCUT2D eigenvalue weighted by atomic mass is 10.1. The van der Waals surface area contributed by atoms with Crippen LogP contribution in [0.4, 0.5) is 0 Å². The number of nitrogens with zero attached hydrogens (tertiary/aromatic N) is 2. The summed E-state index contributed by atoms with van der Waals surface area (Å²) in [6, 6.07) is 10.3. The third-order valence-electron chi connectivity index (χ3n) is 3.18. The van der Waals surface area contributed by atoms with E-state index in [-0.39, 0.29) is 18.5 Å². The van der Waals surface area contributed by atoms with E-state index in [1.54, 1.807) is 6.20 Å². The lowest BCUT2D eigenvalue weighted by molar-refractivity contribution is -0.119. The summed E-state index contributed by atoms with van der Waals surface area (Å²) in [6.07, 6.45) is 1.79. The van der Waals surface area contributed by atoms with Crippen molar-refractivity contribution in [2.24, 2.45) is 5.73 Å². The number of pyridine rings is 1. The second kappa shape index (κ2) is 5.80. The Hall–Kier alpha value is -1.94. The number of fused-ring (bicyclic) bond motifs is 1. The molecule has 1 aromatic carbocycles. The van der Waals surface area contributed by atoms with E-state index in [9.17, 15) is 4.79 Å². The molecular weight excluding hydrogens is 238 g/mol. The fourth-order valence-electron chi connectivity index (χ4n) is 2.14. The van der Waals surface area contributed by atoms with Crippen LogP contribution in [0.1, 0.15) is 19.4 Å². The van der Waals surface area contributed by atoms with Crippen LogP contribution in [-0.2, 0) is 11.3 Å². The molecule has 100 valence electrons. The van der Waals surface area contributed by atoms with E-state index in [1.165, 1.54) is 0 Å². The van der Waals surface area contributed by atoms with Crippen LogP contribution in [0.3, 0.4) is 0 Å². The van der Waals surface area contributed by atoms with Crippen LogP contribution in [0, 0.1) is 0 Å². The monoisotopic (exact) mass is 257 g/mol. The number of benzene rings is 1. The quantitative estimate of drug-likeness (QED) is 0.890. The van der Waals surface area contributed by atoms with Crippen molar-refractivity contribution in [3.8, 4) is 0 Å². The Morgan fingerprint density at radius 2 is 2.05 bits per heavy atom. The largest absolute Gasteiger partial charge is 0.369 e. The molecule has 0 atom stereocenters. The molecule has 1 aromatic heterocycles. The van der Waals surface area contributed by atoms with Crippen LogP contribution < -0.4 is 5.73 Å². The molecule has 1 amide bonds. The second-order valence-electron chi connectivity index (χ2n) is 4.96. The number of para-hydroxylation sites is 1. The Morgan fingerprint density at radius 3 is 2.74 bits per heavy atom. The van der Waals surface area contributed by atoms with E-state index in [2.05, 4.69) is 18.8 Å². The lowest BCUT2D eigenvalue weighted by Crippen LogP contribution is -2.38. The van der Waals surface area contributed by atoms with Crippen LogP contribution in [-0.4, -0.2) is 28.4 Å². The maximum Gasteiger partial charge on any atom is 0.231 e. The van der Waals surface area contributed by atoms with Gasteiger partial charge in [-0.25, -0.2) is 0 Å². The van der Waals surface area contributed by atoms with Gasteiger partial charge in [-0.3, -0.25) is 14.7 Å². The van der Waals surface area contributed by atoms with Gasteiger partial charge in [0.25, 0.3) is 0 Å². The first kappa shape index (κ1) is 13.5. The molecule has 0 aliphatic rings. The highest BCUT2D eigenvalue weighted by molar-refractivity contribution is 5.81.